The number of carbonyl (C=O) groups is 1. The number of nitrogens with one attached hydrogen (secondary N) is 1. The number of aliphatic imine (C=N–C) groups is 1. The molecule has 2 rings (SSSR count). The summed E-state index contributed by atoms with van der Waals surface area (Å²) in [5, 5.41) is 3.32. The molecule has 144 valence electrons. The lowest BCUT2D eigenvalue weighted by molar-refractivity contribution is -0.131. The zero-order chi connectivity index (χ0) is 18.2. The van der Waals surface area contributed by atoms with Crippen LogP contribution in [0, 0.1) is 5.92 Å². The summed E-state index contributed by atoms with van der Waals surface area (Å²) in [7, 11) is 1.95. The first kappa shape index (κ1) is 20.0. The van der Waals surface area contributed by atoms with Gasteiger partial charge in [-0.15, -0.1) is 0 Å². The first-order valence-corrected chi connectivity index (χ1v) is 10.1. The number of nitrogens with zero attached hydrogens (tertiary/aromatic N) is 4. The Bertz CT molecular complexity index is 441. The minimum Gasteiger partial charge on any atom is -0.357 e. The second-order valence-electron chi connectivity index (χ2n) is 7.33. The van der Waals surface area contributed by atoms with Crippen LogP contribution >= 0.6 is 0 Å². The number of hydrogen-bond acceptors (Lipinski definition) is 3. The fraction of sp³-hybridized carbons (Fsp3) is 0.895. The predicted molar refractivity (Wildman–Crippen MR) is 104 cm³/mol. The third-order valence-corrected chi connectivity index (χ3v) is 5.09. The highest BCUT2D eigenvalue weighted by molar-refractivity contribution is 5.86. The molecule has 2 aliphatic rings. The quantitative estimate of drug-likeness (QED) is 0.454. The lowest BCUT2D eigenvalue weighted by Crippen LogP contribution is -2.46. The normalized spacial score (nSPS) is 17.7. The lowest BCUT2D eigenvalue weighted by atomic mass is 10.3. The first-order valence-electron chi connectivity index (χ1n) is 10.1. The summed E-state index contributed by atoms with van der Waals surface area (Å²) in [6.07, 6.45) is 5.53. The Balaban J connectivity index is 1.84. The van der Waals surface area contributed by atoms with Crippen LogP contribution in [0.1, 0.15) is 46.5 Å². The van der Waals surface area contributed by atoms with Crippen LogP contribution in [0.3, 0.4) is 0 Å². The Hall–Kier alpha value is -1.30. The SMILES string of the molecule is CCNC(=NCCN(CC1CC1)C1CC1)N(C)CC(=O)N(CC)CC. The predicted octanol–water partition coefficient (Wildman–Crippen LogP) is 1.63. The number of likely N-dealkylation sites (N-methyl/N-ethyl adjacent to an activating group) is 2. The fourth-order valence-corrected chi connectivity index (χ4v) is 3.20. The van der Waals surface area contributed by atoms with Crippen molar-refractivity contribution in [1.29, 1.82) is 0 Å². The Morgan fingerprint density at radius 3 is 2.32 bits per heavy atom. The van der Waals surface area contributed by atoms with E-state index in [1.165, 1.54) is 32.2 Å². The molecule has 0 unspecified atom stereocenters. The van der Waals surface area contributed by atoms with E-state index in [0.29, 0.717) is 6.54 Å². The molecule has 0 saturated heterocycles. The van der Waals surface area contributed by atoms with Crippen LogP contribution in [0.25, 0.3) is 0 Å². The Labute approximate surface area is 153 Å². The maximum atomic E-state index is 12.3. The number of hydrogen-bond donors (Lipinski definition) is 1. The molecule has 0 spiro atoms. The van der Waals surface area contributed by atoms with Gasteiger partial charge >= 0.3 is 0 Å². The van der Waals surface area contributed by atoms with Crippen molar-refractivity contribution >= 4 is 11.9 Å². The minimum atomic E-state index is 0.159. The smallest absolute Gasteiger partial charge is 0.242 e. The molecule has 1 N–H and O–H groups in total. The van der Waals surface area contributed by atoms with Crippen LogP contribution in [0.2, 0.25) is 0 Å². The van der Waals surface area contributed by atoms with E-state index in [1.54, 1.807) is 0 Å². The third-order valence-electron chi connectivity index (χ3n) is 5.09. The van der Waals surface area contributed by atoms with Crippen LogP contribution in [-0.2, 0) is 4.79 Å². The summed E-state index contributed by atoms with van der Waals surface area (Å²) in [6, 6.07) is 0.806. The van der Waals surface area contributed by atoms with Gasteiger partial charge < -0.3 is 15.1 Å². The molecule has 0 heterocycles. The van der Waals surface area contributed by atoms with Crippen LogP contribution in [0.15, 0.2) is 4.99 Å². The van der Waals surface area contributed by atoms with E-state index in [0.717, 1.165) is 50.6 Å². The molecule has 25 heavy (non-hydrogen) atoms. The van der Waals surface area contributed by atoms with Crippen molar-refractivity contribution in [3.63, 3.8) is 0 Å². The summed E-state index contributed by atoms with van der Waals surface area (Å²) in [5.74, 6) is 1.93. The van der Waals surface area contributed by atoms with Gasteiger partial charge in [-0.3, -0.25) is 14.7 Å². The molecule has 0 aromatic heterocycles. The lowest BCUT2D eigenvalue weighted by Gasteiger charge is -2.26. The summed E-state index contributed by atoms with van der Waals surface area (Å²) < 4.78 is 0. The van der Waals surface area contributed by atoms with Crippen LogP contribution in [0.5, 0.6) is 0 Å². The van der Waals surface area contributed by atoms with Crippen molar-refractivity contribution in [1.82, 2.24) is 20.0 Å². The van der Waals surface area contributed by atoms with Gasteiger partial charge in [0, 0.05) is 45.8 Å². The highest BCUT2D eigenvalue weighted by Gasteiger charge is 2.33. The molecule has 2 fully saturated rings. The largest absolute Gasteiger partial charge is 0.357 e. The van der Waals surface area contributed by atoms with Crippen molar-refractivity contribution in [2.75, 3.05) is 52.9 Å². The number of guanidine groups is 1. The highest BCUT2D eigenvalue weighted by atomic mass is 16.2. The Morgan fingerprint density at radius 1 is 1.12 bits per heavy atom. The number of amides is 1. The van der Waals surface area contributed by atoms with Crippen LogP contribution in [0.4, 0.5) is 0 Å². The average molecular weight is 352 g/mol. The van der Waals surface area contributed by atoms with Gasteiger partial charge in [0.1, 0.15) is 0 Å². The van der Waals surface area contributed by atoms with Gasteiger partial charge in [0.15, 0.2) is 5.96 Å². The standard InChI is InChI=1S/C19H37N5O/c1-5-20-19(22(4)15-18(25)23(6-2)7-3)21-12-13-24(17-10-11-17)14-16-8-9-16/h16-17H,5-15H2,1-4H3,(H,20,21). The maximum Gasteiger partial charge on any atom is 0.242 e. The molecule has 2 aliphatic carbocycles. The van der Waals surface area contributed by atoms with Crippen molar-refractivity contribution in [3.05, 3.63) is 0 Å². The molecule has 0 aliphatic heterocycles. The average Bonchev–Trinajstić information content (AvgIpc) is 3.47. The van der Waals surface area contributed by atoms with Gasteiger partial charge in [-0.25, -0.2) is 0 Å². The summed E-state index contributed by atoms with van der Waals surface area (Å²) in [4.78, 5) is 23.5. The Morgan fingerprint density at radius 2 is 1.80 bits per heavy atom. The molecule has 1 amide bonds. The molecule has 2 saturated carbocycles. The molecule has 6 heteroatoms. The molecule has 0 aromatic rings. The van der Waals surface area contributed by atoms with Gasteiger partial charge in [0.2, 0.25) is 5.91 Å². The highest BCUT2D eigenvalue weighted by Crippen LogP contribution is 2.34. The summed E-state index contributed by atoms with van der Waals surface area (Å²) in [6.45, 7) is 11.9. The molecule has 0 atom stereocenters. The monoisotopic (exact) mass is 351 g/mol. The van der Waals surface area contributed by atoms with Crippen LogP contribution in [-0.4, -0.2) is 85.5 Å². The molecule has 0 aromatic carbocycles. The van der Waals surface area contributed by atoms with Gasteiger partial charge in [0.05, 0.1) is 13.1 Å². The minimum absolute atomic E-state index is 0.159. The van der Waals surface area contributed by atoms with E-state index in [4.69, 9.17) is 4.99 Å². The van der Waals surface area contributed by atoms with Crippen molar-refractivity contribution in [2.24, 2.45) is 10.9 Å². The molecular formula is C19H37N5O. The summed E-state index contributed by atoms with van der Waals surface area (Å²) >= 11 is 0. The van der Waals surface area contributed by atoms with E-state index < -0.39 is 0 Å². The zero-order valence-electron chi connectivity index (χ0n) is 16.6. The van der Waals surface area contributed by atoms with E-state index in [1.807, 2.05) is 30.7 Å². The number of rotatable bonds is 11. The molecule has 0 bridgehead atoms. The van der Waals surface area contributed by atoms with Crippen molar-refractivity contribution in [2.45, 2.75) is 52.5 Å². The van der Waals surface area contributed by atoms with Crippen molar-refractivity contribution < 1.29 is 4.79 Å². The van der Waals surface area contributed by atoms with Gasteiger partial charge in [-0.1, -0.05) is 0 Å². The first-order chi connectivity index (χ1) is 12.1. The van der Waals surface area contributed by atoms with E-state index >= 15 is 0 Å². The van der Waals surface area contributed by atoms with E-state index in [2.05, 4.69) is 17.1 Å². The summed E-state index contributed by atoms with van der Waals surface area (Å²) in [5.41, 5.74) is 0. The molecular weight excluding hydrogens is 314 g/mol. The molecule has 6 nitrogen and oxygen atoms in total. The maximum absolute atomic E-state index is 12.3. The number of carbonyl (C=O) groups excluding carboxylic acids is 1. The second kappa shape index (κ2) is 10.00. The van der Waals surface area contributed by atoms with E-state index in [9.17, 15) is 4.79 Å². The Kier molecular flexibility index (Phi) is 8.00. The fourth-order valence-electron chi connectivity index (χ4n) is 3.20. The van der Waals surface area contributed by atoms with Gasteiger partial charge in [0.25, 0.3) is 0 Å². The zero-order valence-corrected chi connectivity index (χ0v) is 16.6. The second-order valence-corrected chi connectivity index (χ2v) is 7.33. The van der Waals surface area contributed by atoms with Gasteiger partial charge in [-0.2, -0.15) is 0 Å². The van der Waals surface area contributed by atoms with E-state index in [-0.39, 0.29) is 5.91 Å². The topological polar surface area (TPSA) is 51.2 Å². The molecule has 0 radical (unpaired) electrons. The third kappa shape index (κ3) is 6.84. The van der Waals surface area contributed by atoms with Crippen molar-refractivity contribution in [3.8, 4) is 0 Å². The van der Waals surface area contributed by atoms with Gasteiger partial charge in [-0.05, 0) is 52.4 Å². The van der Waals surface area contributed by atoms with Crippen LogP contribution < -0.4 is 5.32 Å².